The summed E-state index contributed by atoms with van der Waals surface area (Å²) in [6, 6.07) is 0. The zero-order valence-corrected chi connectivity index (χ0v) is 10.5. The Morgan fingerprint density at radius 3 is 2.65 bits per heavy atom. The summed E-state index contributed by atoms with van der Waals surface area (Å²) in [5.74, 6) is -0.591. The molecule has 0 spiro atoms. The van der Waals surface area contributed by atoms with Crippen molar-refractivity contribution in [1.29, 1.82) is 0 Å². The van der Waals surface area contributed by atoms with Crippen LogP contribution in [0.2, 0.25) is 0 Å². The van der Waals surface area contributed by atoms with E-state index < -0.39 is 5.79 Å². The van der Waals surface area contributed by atoms with Gasteiger partial charge in [0.15, 0.2) is 12.1 Å². The lowest BCUT2D eigenvalue weighted by molar-refractivity contribution is -0.231. The van der Waals surface area contributed by atoms with Crippen LogP contribution in [-0.4, -0.2) is 50.7 Å². The molecule has 2 saturated heterocycles. The fourth-order valence-corrected chi connectivity index (χ4v) is 2.23. The molecule has 2 rings (SSSR count). The molecule has 17 heavy (non-hydrogen) atoms. The van der Waals surface area contributed by atoms with Gasteiger partial charge in [-0.05, 0) is 13.8 Å². The van der Waals surface area contributed by atoms with Gasteiger partial charge in [-0.1, -0.05) is 6.08 Å². The molecule has 2 aliphatic heterocycles. The van der Waals surface area contributed by atoms with Gasteiger partial charge in [-0.25, -0.2) is 0 Å². The maximum Gasteiger partial charge on any atom is 0.186 e. The fraction of sp³-hybridized carbons (Fsp3) is 0.833. The summed E-state index contributed by atoms with van der Waals surface area (Å²) in [4.78, 5) is 0. The Kier molecular flexibility index (Phi) is 3.85. The van der Waals surface area contributed by atoms with Crippen LogP contribution < -0.4 is 0 Å². The highest BCUT2D eigenvalue weighted by Gasteiger charge is 2.55. The van der Waals surface area contributed by atoms with Gasteiger partial charge in [-0.3, -0.25) is 0 Å². The third kappa shape index (κ3) is 2.69. The van der Waals surface area contributed by atoms with Crippen LogP contribution in [0.4, 0.5) is 0 Å². The Morgan fingerprint density at radius 1 is 1.29 bits per heavy atom. The SMILES string of the molecule is C=CCOC[C@H]1O[C@@H](OC)[C@@H]2OC(C)(C)O[C@@H]21. The first-order valence-corrected chi connectivity index (χ1v) is 5.80. The van der Waals surface area contributed by atoms with E-state index in [0.717, 1.165) is 0 Å². The maximum atomic E-state index is 5.82. The van der Waals surface area contributed by atoms with Gasteiger partial charge >= 0.3 is 0 Å². The van der Waals surface area contributed by atoms with Gasteiger partial charge < -0.3 is 23.7 Å². The van der Waals surface area contributed by atoms with Crippen LogP contribution in [0.15, 0.2) is 12.7 Å². The predicted octanol–water partition coefficient (Wildman–Crippen LogP) is 1.08. The van der Waals surface area contributed by atoms with E-state index >= 15 is 0 Å². The molecule has 0 aliphatic carbocycles. The summed E-state index contributed by atoms with van der Waals surface area (Å²) in [5, 5.41) is 0. The highest BCUT2D eigenvalue weighted by atomic mass is 16.8. The van der Waals surface area contributed by atoms with Crippen molar-refractivity contribution in [2.75, 3.05) is 20.3 Å². The van der Waals surface area contributed by atoms with Crippen molar-refractivity contribution >= 4 is 0 Å². The standard InChI is InChI=1S/C12H20O5/c1-5-6-14-7-8-9-10(11(13-4)15-8)17-12(2,3)16-9/h5,8-11H,1,6-7H2,2-4H3/t8-,9-,10-,11-/m1/s1. The van der Waals surface area contributed by atoms with Gasteiger partial charge in [-0.15, -0.1) is 6.58 Å². The second-order valence-electron chi connectivity index (χ2n) is 4.67. The molecule has 2 fully saturated rings. The molecule has 2 heterocycles. The van der Waals surface area contributed by atoms with Crippen LogP contribution in [-0.2, 0) is 23.7 Å². The number of hydrogen-bond donors (Lipinski definition) is 0. The van der Waals surface area contributed by atoms with Gasteiger partial charge in [0.2, 0.25) is 0 Å². The summed E-state index contributed by atoms with van der Waals surface area (Å²) in [6.45, 7) is 8.33. The molecule has 0 saturated carbocycles. The average Bonchev–Trinajstić information content (AvgIpc) is 2.73. The molecule has 0 radical (unpaired) electrons. The minimum absolute atomic E-state index is 0.139. The Labute approximate surface area is 102 Å². The Hall–Kier alpha value is -0.460. The van der Waals surface area contributed by atoms with Gasteiger partial charge in [0, 0.05) is 7.11 Å². The van der Waals surface area contributed by atoms with Gasteiger partial charge in [0.05, 0.1) is 13.2 Å². The lowest BCUT2D eigenvalue weighted by Crippen LogP contribution is -2.33. The lowest BCUT2D eigenvalue weighted by atomic mass is 10.1. The molecule has 0 N–H and O–H groups in total. The number of methoxy groups -OCH3 is 1. The summed E-state index contributed by atoms with van der Waals surface area (Å²) in [6.07, 6.45) is 0.828. The van der Waals surface area contributed by atoms with Crippen molar-refractivity contribution in [1.82, 2.24) is 0 Å². The van der Waals surface area contributed by atoms with Crippen LogP contribution in [0.1, 0.15) is 13.8 Å². The van der Waals surface area contributed by atoms with Gasteiger partial charge in [0.1, 0.15) is 18.3 Å². The van der Waals surface area contributed by atoms with Crippen molar-refractivity contribution in [3.8, 4) is 0 Å². The van der Waals surface area contributed by atoms with E-state index in [0.29, 0.717) is 13.2 Å². The van der Waals surface area contributed by atoms with Gasteiger partial charge in [-0.2, -0.15) is 0 Å². The molecule has 2 aliphatic rings. The largest absolute Gasteiger partial charge is 0.375 e. The molecule has 0 unspecified atom stereocenters. The van der Waals surface area contributed by atoms with Crippen LogP contribution in [0.25, 0.3) is 0 Å². The normalized spacial score (nSPS) is 39.2. The Balaban J connectivity index is 1.97. The first-order valence-electron chi connectivity index (χ1n) is 5.80. The van der Waals surface area contributed by atoms with E-state index in [9.17, 15) is 0 Å². The molecule has 0 aromatic rings. The first kappa shape index (κ1) is 13.0. The number of fused-ring (bicyclic) bond motifs is 1. The second kappa shape index (κ2) is 5.04. The van der Waals surface area contributed by atoms with E-state index in [1.807, 2.05) is 13.8 Å². The zero-order valence-electron chi connectivity index (χ0n) is 10.5. The van der Waals surface area contributed by atoms with E-state index in [1.54, 1.807) is 13.2 Å². The average molecular weight is 244 g/mol. The number of rotatable bonds is 5. The maximum absolute atomic E-state index is 5.82. The molecule has 0 aromatic carbocycles. The molecule has 0 amide bonds. The predicted molar refractivity (Wildman–Crippen MR) is 60.5 cm³/mol. The summed E-state index contributed by atoms with van der Waals surface area (Å²) in [7, 11) is 1.60. The van der Waals surface area contributed by atoms with Crippen molar-refractivity contribution in [2.24, 2.45) is 0 Å². The smallest absolute Gasteiger partial charge is 0.186 e. The summed E-state index contributed by atoms with van der Waals surface area (Å²) >= 11 is 0. The third-order valence-electron chi connectivity index (χ3n) is 2.86. The van der Waals surface area contributed by atoms with E-state index in [-0.39, 0.29) is 24.6 Å². The summed E-state index contributed by atoms with van der Waals surface area (Å²) < 4.78 is 27.9. The van der Waals surface area contributed by atoms with Crippen molar-refractivity contribution in [3.63, 3.8) is 0 Å². The van der Waals surface area contributed by atoms with E-state index in [4.69, 9.17) is 23.7 Å². The highest BCUT2D eigenvalue weighted by molar-refractivity contribution is 4.95. The summed E-state index contributed by atoms with van der Waals surface area (Å²) in [5.41, 5.74) is 0. The number of ether oxygens (including phenoxy) is 5. The minimum atomic E-state index is -0.591. The molecular formula is C12H20O5. The molecular weight excluding hydrogens is 224 g/mol. The van der Waals surface area contributed by atoms with E-state index in [2.05, 4.69) is 6.58 Å². The quantitative estimate of drug-likeness (QED) is 0.535. The minimum Gasteiger partial charge on any atom is -0.375 e. The van der Waals surface area contributed by atoms with Gasteiger partial charge in [0.25, 0.3) is 0 Å². The molecule has 98 valence electrons. The van der Waals surface area contributed by atoms with E-state index in [1.165, 1.54) is 0 Å². The Morgan fingerprint density at radius 2 is 2.00 bits per heavy atom. The van der Waals surface area contributed by atoms with Crippen LogP contribution in [0, 0.1) is 0 Å². The molecule has 0 aromatic heterocycles. The molecule has 5 nitrogen and oxygen atoms in total. The highest BCUT2D eigenvalue weighted by Crippen LogP contribution is 2.38. The molecule has 0 bridgehead atoms. The fourth-order valence-electron chi connectivity index (χ4n) is 2.23. The number of hydrogen-bond acceptors (Lipinski definition) is 5. The second-order valence-corrected chi connectivity index (χ2v) is 4.67. The van der Waals surface area contributed by atoms with Crippen molar-refractivity contribution in [2.45, 2.75) is 44.2 Å². The first-order chi connectivity index (χ1) is 8.07. The lowest BCUT2D eigenvalue weighted by Gasteiger charge is -2.23. The Bertz CT molecular complexity index is 278. The van der Waals surface area contributed by atoms with Crippen molar-refractivity contribution in [3.05, 3.63) is 12.7 Å². The molecule has 5 heteroatoms. The van der Waals surface area contributed by atoms with Crippen LogP contribution in [0.5, 0.6) is 0 Å². The molecule has 4 atom stereocenters. The van der Waals surface area contributed by atoms with Crippen LogP contribution in [0.3, 0.4) is 0 Å². The zero-order chi connectivity index (χ0) is 12.5. The third-order valence-corrected chi connectivity index (χ3v) is 2.86. The van der Waals surface area contributed by atoms with Crippen LogP contribution >= 0.6 is 0 Å². The monoisotopic (exact) mass is 244 g/mol. The topological polar surface area (TPSA) is 46.2 Å². The van der Waals surface area contributed by atoms with Crippen molar-refractivity contribution < 1.29 is 23.7 Å².